The van der Waals surface area contributed by atoms with Crippen LogP contribution < -0.4 is 10.0 Å². The highest BCUT2D eigenvalue weighted by Crippen LogP contribution is 2.20. The van der Waals surface area contributed by atoms with Gasteiger partial charge in [0.1, 0.15) is 10.7 Å². The van der Waals surface area contributed by atoms with Crippen molar-refractivity contribution in [3.63, 3.8) is 0 Å². The van der Waals surface area contributed by atoms with Gasteiger partial charge >= 0.3 is 0 Å². The fraction of sp³-hybridized carbons (Fsp3) is 0.455. The minimum Gasteiger partial charge on any atom is -0.315 e. The van der Waals surface area contributed by atoms with Crippen molar-refractivity contribution >= 4 is 26.0 Å². The maximum Gasteiger partial charge on any atom is 0.243 e. The molecule has 0 amide bonds. The molecule has 0 aromatic heterocycles. The van der Waals surface area contributed by atoms with E-state index in [2.05, 4.69) is 26.0 Å². The van der Waals surface area contributed by atoms with E-state index in [0.29, 0.717) is 11.0 Å². The minimum absolute atomic E-state index is 0.179. The summed E-state index contributed by atoms with van der Waals surface area (Å²) < 4.78 is 40.8. The molecular formula is C11H14BrFN2O2S. The van der Waals surface area contributed by atoms with Crippen LogP contribution in [0.1, 0.15) is 12.8 Å². The second kappa shape index (κ2) is 5.64. The first-order valence-electron chi connectivity index (χ1n) is 5.67. The van der Waals surface area contributed by atoms with Crippen molar-refractivity contribution in [3.8, 4) is 0 Å². The molecule has 1 fully saturated rings. The highest BCUT2D eigenvalue weighted by molar-refractivity contribution is 9.10. The van der Waals surface area contributed by atoms with Gasteiger partial charge in [0.05, 0.1) is 0 Å². The number of hydrogen-bond acceptors (Lipinski definition) is 3. The van der Waals surface area contributed by atoms with Gasteiger partial charge in [0.25, 0.3) is 0 Å². The maximum atomic E-state index is 13.6. The zero-order valence-electron chi connectivity index (χ0n) is 9.62. The van der Waals surface area contributed by atoms with Crippen LogP contribution in [0.25, 0.3) is 0 Å². The third-order valence-corrected chi connectivity index (χ3v) is 4.83. The molecule has 18 heavy (non-hydrogen) atoms. The van der Waals surface area contributed by atoms with Crippen molar-refractivity contribution in [2.75, 3.05) is 13.1 Å². The lowest BCUT2D eigenvalue weighted by molar-refractivity contribution is 0.427. The van der Waals surface area contributed by atoms with E-state index in [9.17, 15) is 12.8 Å². The minimum atomic E-state index is -3.81. The third-order valence-electron chi connectivity index (χ3n) is 2.80. The van der Waals surface area contributed by atoms with Crippen LogP contribution in [0.2, 0.25) is 0 Å². The quantitative estimate of drug-likeness (QED) is 0.881. The number of benzene rings is 1. The molecule has 1 aliphatic rings. The van der Waals surface area contributed by atoms with Gasteiger partial charge in [0, 0.05) is 17.1 Å². The predicted octanol–water partition coefficient (Wildman–Crippen LogP) is 1.62. The van der Waals surface area contributed by atoms with E-state index < -0.39 is 15.8 Å². The van der Waals surface area contributed by atoms with Gasteiger partial charge in [-0.25, -0.2) is 17.5 Å². The molecule has 0 radical (unpaired) electrons. The van der Waals surface area contributed by atoms with Crippen molar-refractivity contribution < 1.29 is 12.8 Å². The summed E-state index contributed by atoms with van der Waals surface area (Å²) in [6.07, 6.45) is 1.68. The highest BCUT2D eigenvalue weighted by Gasteiger charge is 2.24. The molecule has 0 spiro atoms. The van der Waals surface area contributed by atoms with Crippen LogP contribution in [0.5, 0.6) is 0 Å². The molecule has 0 aliphatic carbocycles. The first-order chi connectivity index (χ1) is 8.49. The molecule has 2 N–H and O–H groups in total. The van der Waals surface area contributed by atoms with Gasteiger partial charge in [0.2, 0.25) is 10.0 Å². The summed E-state index contributed by atoms with van der Waals surface area (Å²) in [6, 6.07) is 3.70. The van der Waals surface area contributed by atoms with Crippen LogP contribution in [-0.2, 0) is 10.0 Å². The summed E-state index contributed by atoms with van der Waals surface area (Å²) in [5, 5.41) is 3.10. The molecule has 0 saturated carbocycles. The average molecular weight is 337 g/mol. The normalized spacial score (nSPS) is 20.9. The fourth-order valence-corrected chi connectivity index (χ4v) is 3.80. The molecule has 4 nitrogen and oxygen atoms in total. The Morgan fingerprint density at radius 2 is 2.22 bits per heavy atom. The number of hydrogen-bond donors (Lipinski definition) is 2. The topological polar surface area (TPSA) is 58.2 Å². The Balaban J connectivity index is 2.21. The monoisotopic (exact) mass is 336 g/mol. The van der Waals surface area contributed by atoms with Crippen LogP contribution in [0.3, 0.4) is 0 Å². The number of rotatable bonds is 3. The molecule has 7 heteroatoms. The van der Waals surface area contributed by atoms with Gasteiger partial charge < -0.3 is 5.32 Å². The Bertz CT molecular complexity index is 530. The second-order valence-electron chi connectivity index (χ2n) is 4.24. The van der Waals surface area contributed by atoms with Gasteiger partial charge in [-0.2, -0.15) is 0 Å². The smallest absolute Gasteiger partial charge is 0.243 e. The molecule has 100 valence electrons. The van der Waals surface area contributed by atoms with Gasteiger partial charge in [-0.1, -0.05) is 15.9 Å². The van der Waals surface area contributed by atoms with Crippen molar-refractivity contribution in [2.24, 2.45) is 0 Å². The van der Waals surface area contributed by atoms with Gasteiger partial charge in [-0.3, -0.25) is 0 Å². The lowest BCUT2D eigenvalue weighted by Crippen LogP contribution is -2.45. The molecule has 1 atom stereocenters. The molecule has 1 heterocycles. The average Bonchev–Trinajstić information content (AvgIpc) is 2.33. The first-order valence-corrected chi connectivity index (χ1v) is 7.95. The number of piperidine rings is 1. The molecule has 1 aliphatic heterocycles. The highest BCUT2D eigenvalue weighted by atomic mass is 79.9. The lowest BCUT2D eigenvalue weighted by atomic mass is 10.1. The number of nitrogens with one attached hydrogen (secondary N) is 2. The molecule has 0 bridgehead atoms. The lowest BCUT2D eigenvalue weighted by Gasteiger charge is -2.23. The van der Waals surface area contributed by atoms with Crippen LogP contribution >= 0.6 is 15.9 Å². The Hall–Kier alpha value is -0.500. The zero-order chi connectivity index (χ0) is 13.2. The number of halogens is 2. The Morgan fingerprint density at radius 3 is 2.89 bits per heavy atom. The molecule has 1 saturated heterocycles. The number of sulfonamides is 1. The van der Waals surface area contributed by atoms with Crippen molar-refractivity contribution in [3.05, 3.63) is 28.5 Å². The zero-order valence-corrected chi connectivity index (χ0v) is 12.0. The van der Waals surface area contributed by atoms with Crippen molar-refractivity contribution in [2.45, 2.75) is 23.8 Å². The van der Waals surface area contributed by atoms with Gasteiger partial charge in [-0.05, 0) is 37.6 Å². The third kappa shape index (κ3) is 3.28. The Kier molecular flexibility index (Phi) is 4.37. The van der Waals surface area contributed by atoms with Gasteiger partial charge in [0.15, 0.2) is 0 Å². The summed E-state index contributed by atoms with van der Waals surface area (Å²) in [5.74, 6) is -0.741. The van der Waals surface area contributed by atoms with E-state index in [4.69, 9.17) is 0 Å². The van der Waals surface area contributed by atoms with Crippen LogP contribution in [0.4, 0.5) is 4.39 Å². The largest absolute Gasteiger partial charge is 0.315 e. The predicted molar refractivity (Wildman–Crippen MR) is 70.3 cm³/mol. The van der Waals surface area contributed by atoms with E-state index in [1.807, 2.05) is 0 Å². The molecule has 0 unspecified atom stereocenters. The van der Waals surface area contributed by atoms with Crippen LogP contribution in [-0.4, -0.2) is 27.5 Å². The Morgan fingerprint density at radius 1 is 1.44 bits per heavy atom. The first kappa shape index (κ1) is 13.9. The summed E-state index contributed by atoms with van der Waals surface area (Å²) in [6.45, 7) is 1.47. The SMILES string of the molecule is O=S(=O)(N[C@H]1CCCNC1)c1cc(Br)ccc1F. The summed E-state index contributed by atoms with van der Waals surface area (Å²) in [4.78, 5) is -0.317. The van der Waals surface area contributed by atoms with Crippen molar-refractivity contribution in [1.82, 2.24) is 10.0 Å². The van der Waals surface area contributed by atoms with E-state index in [1.165, 1.54) is 12.1 Å². The molecular weight excluding hydrogens is 323 g/mol. The maximum absolute atomic E-state index is 13.6. The van der Waals surface area contributed by atoms with Crippen LogP contribution in [0, 0.1) is 5.82 Å². The van der Waals surface area contributed by atoms with E-state index in [1.54, 1.807) is 0 Å². The standard InChI is InChI=1S/C11H14BrFN2O2S/c12-8-3-4-10(13)11(6-8)18(16,17)15-9-2-1-5-14-7-9/h3-4,6,9,14-15H,1-2,5,7H2/t9-/m0/s1. The molecule has 1 aromatic carbocycles. The summed E-state index contributed by atoms with van der Waals surface area (Å²) in [5.41, 5.74) is 0. The van der Waals surface area contributed by atoms with Gasteiger partial charge in [-0.15, -0.1) is 0 Å². The molecule has 1 aromatic rings. The second-order valence-corrected chi connectivity index (χ2v) is 6.84. The summed E-state index contributed by atoms with van der Waals surface area (Å²) >= 11 is 3.14. The van der Waals surface area contributed by atoms with Crippen LogP contribution in [0.15, 0.2) is 27.6 Å². The van der Waals surface area contributed by atoms with E-state index in [0.717, 1.165) is 25.5 Å². The van der Waals surface area contributed by atoms with E-state index in [-0.39, 0.29) is 10.9 Å². The Labute approximate surface area is 114 Å². The van der Waals surface area contributed by atoms with Crippen molar-refractivity contribution in [1.29, 1.82) is 0 Å². The summed E-state index contributed by atoms with van der Waals surface area (Å²) in [7, 11) is -3.81. The van der Waals surface area contributed by atoms with E-state index >= 15 is 0 Å². The molecule has 2 rings (SSSR count). The fourth-order valence-electron chi connectivity index (χ4n) is 1.92.